The predicted octanol–water partition coefficient (Wildman–Crippen LogP) is 3.25. The molecule has 5 heteroatoms. The Kier molecular flexibility index (Phi) is 7.43. The lowest BCUT2D eigenvalue weighted by Gasteiger charge is -2.36. The van der Waals surface area contributed by atoms with Crippen LogP contribution in [0.3, 0.4) is 0 Å². The quantitative estimate of drug-likeness (QED) is 0.902. The highest BCUT2D eigenvalue weighted by molar-refractivity contribution is 5.85. The van der Waals surface area contributed by atoms with Gasteiger partial charge in [0.05, 0.1) is 7.11 Å². The molecule has 0 saturated carbocycles. The van der Waals surface area contributed by atoms with Crippen molar-refractivity contribution in [1.82, 2.24) is 10.2 Å². The summed E-state index contributed by atoms with van der Waals surface area (Å²) in [5, 5.41) is 3.35. The van der Waals surface area contributed by atoms with Gasteiger partial charge in [0.1, 0.15) is 11.6 Å². The first kappa shape index (κ1) is 18.2. The highest BCUT2D eigenvalue weighted by Gasteiger charge is 2.25. The van der Waals surface area contributed by atoms with Gasteiger partial charge in [0, 0.05) is 37.8 Å². The molecule has 1 fully saturated rings. The molecule has 0 amide bonds. The molecule has 1 aliphatic heterocycles. The number of piperazine rings is 1. The minimum absolute atomic E-state index is 0. The van der Waals surface area contributed by atoms with E-state index in [2.05, 4.69) is 24.1 Å². The number of hydrogen-bond acceptors (Lipinski definition) is 3. The molecular formula is C16H26ClFN2O. The molecule has 0 aromatic heterocycles. The average Bonchev–Trinajstić information content (AvgIpc) is 2.46. The van der Waals surface area contributed by atoms with Gasteiger partial charge in [0.2, 0.25) is 0 Å². The summed E-state index contributed by atoms with van der Waals surface area (Å²) in [6.45, 7) is 8.25. The summed E-state index contributed by atoms with van der Waals surface area (Å²) in [5.41, 5.74) is 0.764. The van der Waals surface area contributed by atoms with Gasteiger partial charge in [-0.05, 0) is 30.5 Å². The van der Waals surface area contributed by atoms with Gasteiger partial charge in [0.25, 0.3) is 0 Å². The number of benzene rings is 1. The molecule has 2 rings (SSSR count). The maximum atomic E-state index is 14.3. The molecule has 1 atom stereocenters. The summed E-state index contributed by atoms with van der Waals surface area (Å²) in [5.74, 6) is 1.13. The van der Waals surface area contributed by atoms with E-state index in [0.29, 0.717) is 5.92 Å². The Morgan fingerprint density at radius 1 is 1.29 bits per heavy atom. The monoisotopic (exact) mass is 316 g/mol. The summed E-state index contributed by atoms with van der Waals surface area (Å²) in [6.07, 6.45) is 0.962. The third-order valence-electron chi connectivity index (χ3n) is 3.85. The topological polar surface area (TPSA) is 24.5 Å². The number of halogens is 2. The maximum absolute atomic E-state index is 14.3. The molecule has 1 saturated heterocycles. The fraction of sp³-hybridized carbons (Fsp3) is 0.625. The Morgan fingerprint density at radius 2 is 1.95 bits per heavy atom. The Labute approximate surface area is 133 Å². The molecule has 1 aromatic carbocycles. The molecule has 1 N–H and O–H groups in total. The average molecular weight is 317 g/mol. The van der Waals surface area contributed by atoms with E-state index in [0.717, 1.165) is 43.9 Å². The molecule has 1 heterocycles. The summed E-state index contributed by atoms with van der Waals surface area (Å²) < 4.78 is 19.5. The summed E-state index contributed by atoms with van der Waals surface area (Å²) in [4.78, 5) is 2.38. The van der Waals surface area contributed by atoms with Gasteiger partial charge < -0.3 is 10.1 Å². The molecule has 0 unspecified atom stereocenters. The van der Waals surface area contributed by atoms with E-state index in [9.17, 15) is 4.39 Å². The van der Waals surface area contributed by atoms with Crippen LogP contribution >= 0.6 is 12.4 Å². The van der Waals surface area contributed by atoms with E-state index in [4.69, 9.17) is 4.74 Å². The summed E-state index contributed by atoms with van der Waals surface area (Å²) in [6, 6.07) is 5.18. The molecule has 0 aliphatic carbocycles. The zero-order valence-corrected chi connectivity index (χ0v) is 13.9. The first-order valence-electron chi connectivity index (χ1n) is 7.40. The van der Waals surface area contributed by atoms with Gasteiger partial charge >= 0.3 is 0 Å². The van der Waals surface area contributed by atoms with E-state index in [1.54, 1.807) is 13.2 Å². The van der Waals surface area contributed by atoms with Crippen LogP contribution in [0, 0.1) is 11.7 Å². The fourth-order valence-electron chi connectivity index (χ4n) is 2.82. The molecular weight excluding hydrogens is 291 g/mol. The molecule has 0 bridgehead atoms. The van der Waals surface area contributed by atoms with Crippen molar-refractivity contribution in [2.45, 2.75) is 26.3 Å². The van der Waals surface area contributed by atoms with Gasteiger partial charge in [0.15, 0.2) is 0 Å². The molecule has 0 spiro atoms. The van der Waals surface area contributed by atoms with Crippen molar-refractivity contribution in [3.05, 3.63) is 29.6 Å². The van der Waals surface area contributed by atoms with Crippen LogP contribution in [0.25, 0.3) is 0 Å². The predicted molar refractivity (Wildman–Crippen MR) is 86.8 cm³/mol. The Balaban J connectivity index is 0.00000220. The van der Waals surface area contributed by atoms with E-state index in [1.807, 2.05) is 6.07 Å². The van der Waals surface area contributed by atoms with Crippen LogP contribution in [0.2, 0.25) is 0 Å². The van der Waals surface area contributed by atoms with Crippen LogP contribution in [0.4, 0.5) is 4.39 Å². The second-order valence-electron chi connectivity index (χ2n) is 5.82. The Morgan fingerprint density at radius 3 is 2.52 bits per heavy atom. The van der Waals surface area contributed by atoms with Gasteiger partial charge in [-0.1, -0.05) is 13.8 Å². The number of nitrogens with zero attached hydrogens (tertiary/aromatic N) is 1. The van der Waals surface area contributed by atoms with Gasteiger partial charge in [-0.25, -0.2) is 4.39 Å². The zero-order valence-electron chi connectivity index (χ0n) is 13.1. The van der Waals surface area contributed by atoms with Crippen molar-refractivity contribution < 1.29 is 9.13 Å². The van der Waals surface area contributed by atoms with E-state index < -0.39 is 0 Å². The minimum atomic E-state index is -0.130. The fourth-order valence-corrected chi connectivity index (χ4v) is 2.82. The van der Waals surface area contributed by atoms with Crippen molar-refractivity contribution in [2.24, 2.45) is 5.92 Å². The molecule has 1 aromatic rings. The summed E-state index contributed by atoms with van der Waals surface area (Å²) in [7, 11) is 1.62. The number of ether oxygens (including phenoxy) is 1. The minimum Gasteiger partial charge on any atom is -0.497 e. The summed E-state index contributed by atoms with van der Waals surface area (Å²) >= 11 is 0. The van der Waals surface area contributed by atoms with Crippen LogP contribution in [-0.4, -0.2) is 38.2 Å². The van der Waals surface area contributed by atoms with Crippen LogP contribution in [-0.2, 0) is 0 Å². The van der Waals surface area contributed by atoms with Crippen LogP contribution in [0.1, 0.15) is 31.9 Å². The largest absolute Gasteiger partial charge is 0.497 e. The first-order valence-corrected chi connectivity index (χ1v) is 7.40. The smallest absolute Gasteiger partial charge is 0.128 e. The van der Waals surface area contributed by atoms with Crippen molar-refractivity contribution >= 4 is 12.4 Å². The van der Waals surface area contributed by atoms with Crippen molar-refractivity contribution in [1.29, 1.82) is 0 Å². The van der Waals surface area contributed by atoms with E-state index >= 15 is 0 Å². The number of nitrogens with one attached hydrogen (secondary N) is 1. The third-order valence-corrected chi connectivity index (χ3v) is 3.85. The normalized spacial score (nSPS) is 17.4. The number of hydrogen-bond donors (Lipinski definition) is 1. The van der Waals surface area contributed by atoms with Gasteiger partial charge in [-0.15, -0.1) is 12.4 Å². The molecule has 0 radical (unpaired) electrons. The molecule has 3 nitrogen and oxygen atoms in total. The SMILES string of the molecule is COc1ccc(F)c([C@@H](CC(C)C)N2CCNCC2)c1.Cl. The lowest BCUT2D eigenvalue weighted by atomic mass is 9.94. The lowest BCUT2D eigenvalue weighted by Crippen LogP contribution is -2.45. The van der Waals surface area contributed by atoms with Crippen LogP contribution in [0.5, 0.6) is 5.75 Å². The standard InChI is InChI=1S/C16H25FN2O.ClH/c1-12(2)10-16(19-8-6-18-7-9-19)14-11-13(20-3)4-5-15(14)17;/h4-5,11-12,16,18H,6-10H2,1-3H3;1H/t16-;/m1./s1. The van der Waals surface area contributed by atoms with Crippen molar-refractivity contribution in [2.75, 3.05) is 33.3 Å². The molecule has 21 heavy (non-hydrogen) atoms. The van der Waals surface area contributed by atoms with Crippen molar-refractivity contribution in [3.63, 3.8) is 0 Å². The van der Waals surface area contributed by atoms with E-state index in [-0.39, 0.29) is 24.3 Å². The van der Waals surface area contributed by atoms with Crippen LogP contribution < -0.4 is 10.1 Å². The van der Waals surface area contributed by atoms with E-state index in [1.165, 1.54) is 6.07 Å². The molecule has 120 valence electrons. The first-order chi connectivity index (χ1) is 9.61. The van der Waals surface area contributed by atoms with Gasteiger partial charge in [-0.3, -0.25) is 4.90 Å². The second kappa shape index (κ2) is 8.57. The second-order valence-corrected chi connectivity index (χ2v) is 5.82. The zero-order chi connectivity index (χ0) is 14.5. The number of methoxy groups -OCH3 is 1. The van der Waals surface area contributed by atoms with Gasteiger partial charge in [-0.2, -0.15) is 0 Å². The highest BCUT2D eigenvalue weighted by atomic mass is 35.5. The van der Waals surface area contributed by atoms with Crippen molar-refractivity contribution in [3.8, 4) is 5.75 Å². The lowest BCUT2D eigenvalue weighted by molar-refractivity contribution is 0.151. The highest BCUT2D eigenvalue weighted by Crippen LogP contribution is 2.32. The Hall–Kier alpha value is -0.840. The number of rotatable bonds is 5. The molecule has 1 aliphatic rings. The maximum Gasteiger partial charge on any atom is 0.128 e. The Bertz CT molecular complexity index is 436. The third kappa shape index (κ3) is 4.83. The van der Waals surface area contributed by atoms with Crippen LogP contribution in [0.15, 0.2) is 18.2 Å².